The van der Waals surface area contributed by atoms with Crippen LogP contribution in [0.5, 0.6) is 0 Å². The third-order valence-corrected chi connectivity index (χ3v) is 3.86. The van der Waals surface area contributed by atoms with Crippen molar-refractivity contribution in [1.82, 2.24) is 15.5 Å². The summed E-state index contributed by atoms with van der Waals surface area (Å²) in [5, 5.41) is 21.0. The summed E-state index contributed by atoms with van der Waals surface area (Å²) < 4.78 is 0. The van der Waals surface area contributed by atoms with Gasteiger partial charge in [-0.05, 0) is 51.8 Å². The zero-order valence-corrected chi connectivity index (χ0v) is 11.9. The van der Waals surface area contributed by atoms with Crippen LogP contribution in [-0.4, -0.2) is 36.9 Å². The Balaban J connectivity index is 2.27. The lowest BCUT2D eigenvalue weighted by atomic mass is 9.97. The maximum absolute atomic E-state index is 9.37. The van der Waals surface area contributed by atoms with Crippen LogP contribution in [0.4, 0.5) is 5.82 Å². The van der Waals surface area contributed by atoms with Crippen molar-refractivity contribution in [2.24, 2.45) is 5.92 Å². The molecule has 0 saturated carbocycles. The van der Waals surface area contributed by atoms with Gasteiger partial charge in [0.25, 0.3) is 0 Å². The maximum atomic E-state index is 9.37. The summed E-state index contributed by atoms with van der Waals surface area (Å²) in [7, 11) is 1.98. The van der Waals surface area contributed by atoms with Crippen LogP contribution < -0.4 is 10.2 Å². The number of rotatable bonds is 3. The highest BCUT2D eigenvalue weighted by Crippen LogP contribution is 2.26. The van der Waals surface area contributed by atoms with Gasteiger partial charge in [0, 0.05) is 13.1 Å². The van der Waals surface area contributed by atoms with Gasteiger partial charge in [0.05, 0.1) is 5.69 Å². The Hall–Kier alpha value is -1.67. The Kier molecular flexibility index (Phi) is 4.33. The lowest BCUT2D eigenvalue weighted by Crippen LogP contribution is -2.40. The van der Waals surface area contributed by atoms with E-state index in [9.17, 15) is 5.26 Å². The number of hydrogen-bond acceptors (Lipinski definition) is 5. The predicted molar refractivity (Wildman–Crippen MR) is 75.1 cm³/mol. The molecule has 1 aromatic rings. The fraction of sp³-hybridized carbons (Fsp3) is 0.643. The third-order valence-electron chi connectivity index (χ3n) is 3.86. The van der Waals surface area contributed by atoms with E-state index >= 15 is 0 Å². The summed E-state index contributed by atoms with van der Waals surface area (Å²) in [6.07, 6.45) is 2.38. The smallest absolute Gasteiger partial charge is 0.169 e. The summed E-state index contributed by atoms with van der Waals surface area (Å²) >= 11 is 0. The van der Waals surface area contributed by atoms with Crippen LogP contribution in [0.2, 0.25) is 0 Å². The number of aromatic nitrogens is 2. The molecule has 1 saturated heterocycles. The minimum atomic E-state index is 0.619. The van der Waals surface area contributed by atoms with Crippen molar-refractivity contribution < 1.29 is 0 Å². The first kappa shape index (κ1) is 13.8. The minimum Gasteiger partial charge on any atom is -0.354 e. The van der Waals surface area contributed by atoms with Gasteiger partial charge in [0.15, 0.2) is 5.82 Å². The molecule has 0 radical (unpaired) electrons. The zero-order valence-electron chi connectivity index (χ0n) is 11.9. The molecule has 1 N–H and O–H groups in total. The van der Waals surface area contributed by atoms with E-state index in [0.29, 0.717) is 11.5 Å². The lowest BCUT2D eigenvalue weighted by Gasteiger charge is -2.33. The van der Waals surface area contributed by atoms with E-state index in [2.05, 4.69) is 26.5 Å². The fourth-order valence-electron chi connectivity index (χ4n) is 2.66. The molecular formula is C14H21N5. The van der Waals surface area contributed by atoms with E-state index in [4.69, 9.17) is 0 Å². The van der Waals surface area contributed by atoms with E-state index in [1.165, 1.54) is 6.42 Å². The van der Waals surface area contributed by atoms with E-state index in [1.54, 1.807) is 0 Å². The number of aryl methyl sites for hydroxylation is 1. The van der Waals surface area contributed by atoms with Gasteiger partial charge in [-0.3, -0.25) is 0 Å². The van der Waals surface area contributed by atoms with Gasteiger partial charge in [0.2, 0.25) is 0 Å². The molecule has 2 rings (SSSR count). The molecule has 2 heterocycles. The number of anilines is 1. The Morgan fingerprint density at radius 2 is 2.21 bits per heavy atom. The standard InChI is InChI=1S/C14H21N5/c1-10-11(2)17-18-14(13(10)7-15)19-6-4-5-12(9-19)8-16-3/h12,16H,4-6,8-9H2,1-3H3. The monoisotopic (exact) mass is 259 g/mol. The maximum Gasteiger partial charge on any atom is 0.169 e. The van der Waals surface area contributed by atoms with Gasteiger partial charge >= 0.3 is 0 Å². The van der Waals surface area contributed by atoms with Crippen molar-refractivity contribution in [3.05, 3.63) is 16.8 Å². The first-order chi connectivity index (χ1) is 9.17. The molecule has 102 valence electrons. The van der Waals surface area contributed by atoms with Gasteiger partial charge in [-0.1, -0.05) is 0 Å². The van der Waals surface area contributed by atoms with Crippen molar-refractivity contribution in [2.75, 3.05) is 31.6 Å². The van der Waals surface area contributed by atoms with E-state index in [-0.39, 0.29) is 0 Å². The molecule has 1 unspecified atom stereocenters. The van der Waals surface area contributed by atoms with Crippen LogP contribution >= 0.6 is 0 Å². The first-order valence-corrected chi connectivity index (χ1v) is 6.81. The molecule has 1 fully saturated rings. The second kappa shape index (κ2) is 5.98. The summed E-state index contributed by atoms with van der Waals surface area (Å²) in [5.41, 5.74) is 2.46. The van der Waals surface area contributed by atoms with E-state index in [1.807, 2.05) is 20.9 Å². The molecule has 0 aliphatic carbocycles. The molecule has 1 aliphatic rings. The van der Waals surface area contributed by atoms with Crippen molar-refractivity contribution in [1.29, 1.82) is 5.26 Å². The molecule has 0 amide bonds. The topological polar surface area (TPSA) is 64.8 Å². The Labute approximate surface area is 114 Å². The summed E-state index contributed by atoms with van der Waals surface area (Å²) in [6.45, 7) is 6.77. The molecular weight excluding hydrogens is 238 g/mol. The van der Waals surface area contributed by atoms with Crippen molar-refractivity contribution in [3.63, 3.8) is 0 Å². The van der Waals surface area contributed by atoms with Crippen LogP contribution in [-0.2, 0) is 0 Å². The minimum absolute atomic E-state index is 0.619. The Morgan fingerprint density at radius 3 is 2.89 bits per heavy atom. The number of piperidine rings is 1. The molecule has 0 aromatic carbocycles. The number of nitriles is 1. The molecule has 5 nitrogen and oxygen atoms in total. The van der Waals surface area contributed by atoms with Crippen LogP contribution in [0.1, 0.15) is 29.7 Å². The second-order valence-corrected chi connectivity index (χ2v) is 5.23. The summed E-state index contributed by atoms with van der Waals surface area (Å²) in [6, 6.07) is 2.29. The normalized spacial score (nSPS) is 19.3. The van der Waals surface area contributed by atoms with Crippen LogP contribution in [0.3, 0.4) is 0 Å². The zero-order chi connectivity index (χ0) is 13.8. The van der Waals surface area contributed by atoms with Crippen LogP contribution in [0.25, 0.3) is 0 Å². The molecule has 0 spiro atoms. The third kappa shape index (κ3) is 2.85. The Morgan fingerprint density at radius 1 is 1.42 bits per heavy atom. The van der Waals surface area contributed by atoms with E-state index in [0.717, 1.165) is 43.1 Å². The quantitative estimate of drug-likeness (QED) is 0.889. The SMILES string of the molecule is CNCC1CCCN(c2nnc(C)c(C)c2C#N)C1. The van der Waals surface area contributed by atoms with Gasteiger partial charge < -0.3 is 10.2 Å². The van der Waals surface area contributed by atoms with Gasteiger partial charge in [0.1, 0.15) is 11.6 Å². The number of nitrogens with one attached hydrogen (secondary N) is 1. The highest BCUT2D eigenvalue weighted by atomic mass is 15.3. The first-order valence-electron chi connectivity index (χ1n) is 6.81. The van der Waals surface area contributed by atoms with Crippen LogP contribution in [0, 0.1) is 31.1 Å². The second-order valence-electron chi connectivity index (χ2n) is 5.23. The van der Waals surface area contributed by atoms with Gasteiger partial charge in [-0.2, -0.15) is 10.4 Å². The Bertz CT molecular complexity index is 489. The largest absolute Gasteiger partial charge is 0.354 e. The van der Waals surface area contributed by atoms with Crippen molar-refractivity contribution in [2.45, 2.75) is 26.7 Å². The van der Waals surface area contributed by atoms with Crippen LogP contribution in [0.15, 0.2) is 0 Å². The van der Waals surface area contributed by atoms with Crippen molar-refractivity contribution >= 4 is 5.82 Å². The lowest BCUT2D eigenvalue weighted by molar-refractivity contribution is 0.400. The molecule has 19 heavy (non-hydrogen) atoms. The summed E-state index contributed by atoms with van der Waals surface area (Å²) in [5.74, 6) is 1.38. The average Bonchev–Trinajstić information content (AvgIpc) is 2.42. The molecule has 1 aliphatic heterocycles. The van der Waals surface area contributed by atoms with E-state index < -0.39 is 0 Å². The average molecular weight is 259 g/mol. The molecule has 1 aromatic heterocycles. The van der Waals surface area contributed by atoms with Gasteiger partial charge in [-0.25, -0.2) is 0 Å². The highest BCUT2D eigenvalue weighted by Gasteiger charge is 2.24. The van der Waals surface area contributed by atoms with Crippen molar-refractivity contribution in [3.8, 4) is 6.07 Å². The molecule has 0 bridgehead atoms. The number of nitrogens with zero attached hydrogens (tertiary/aromatic N) is 4. The summed E-state index contributed by atoms with van der Waals surface area (Å²) in [4.78, 5) is 2.21. The predicted octanol–water partition coefficient (Wildman–Crippen LogP) is 1.40. The highest BCUT2D eigenvalue weighted by molar-refractivity contribution is 5.57. The molecule has 1 atom stereocenters. The van der Waals surface area contributed by atoms with Gasteiger partial charge in [-0.15, -0.1) is 5.10 Å². The number of hydrogen-bond donors (Lipinski definition) is 1. The fourth-order valence-corrected chi connectivity index (χ4v) is 2.66. The molecule has 5 heteroatoms.